The van der Waals surface area contributed by atoms with Gasteiger partial charge in [0, 0.05) is 32.7 Å². The van der Waals surface area contributed by atoms with Crippen molar-refractivity contribution in [3.05, 3.63) is 36.3 Å². The normalized spacial score (nSPS) is 16.2. The number of carbonyl (C=O) groups excluding carboxylic acids is 2. The molecule has 140 valence electrons. The summed E-state index contributed by atoms with van der Waals surface area (Å²) in [4.78, 5) is 32.7. The van der Waals surface area contributed by atoms with Crippen molar-refractivity contribution in [3.8, 4) is 0 Å². The number of hydrogen-bond donors (Lipinski definition) is 1. The Morgan fingerprint density at radius 2 is 2.04 bits per heavy atom. The van der Waals surface area contributed by atoms with Gasteiger partial charge in [0.25, 0.3) is 5.91 Å². The van der Waals surface area contributed by atoms with Gasteiger partial charge in [-0.3, -0.25) is 4.79 Å². The van der Waals surface area contributed by atoms with Gasteiger partial charge in [0.1, 0.15) is 18.4 Å². The van der Waals surface area contributed by atoms with Crippen LogP contribution in [0.5, 0.6) is 0 Å². The van der Waals surface area contributed by atoms with E-state index >= 15 is 0 Å². The number of nitrogens with zero attached hydrogens (tertiary/aromatic N) is 5. The minimum absolute atomic E-state index is 0.0644. The van der Waals surface area contributed by atoms with Crippen molar-refractivity contribution in [3.63, 3.8) is 0 Å². The summed E-state index contributed by atoms with van der Waals surface area (Å²) in [5.74, 6) is 0.665. The van der Waals surface area contributed by atoms with Crippen LogP contribution >= 0.6 is 0 Å². The summed E-state index contributed by atoms with van der Waals surface area (Å²) in [6, 6.07) is 1.26. The summed E-state index contributed by atoms with van der Waals surface area (Å²) in [6.45, 7) is 6.78. The van der Waals surface area contributed by atoms with Crippen molar-refractivity contribution in [1.82, 2.24) is 29.9 Å². The first-order valence-electron chi connectivity index (χ1n) is 8.84. The average Bonchev–Trinajstić information content (AvgIpc) is 3.28. The quantitative estimate of drug-likeness (QED) is 0.891. The summed E-state index contributed by atoms with van der Waals surface area (Å²) in [5, 5.41) is 7.10. The van der Waals surface area contributed by atoms with Gasteiger partial charge in [-0.15, -0.1) is 0 Å². The van der Waals surface area contributed by atoms with Crippen LogP contribution in [0.25, 0.3) is 0 Å². The molecule has 9 heteroatoms. The van der Waals surface area contributed by atoms with Crippen molar-refractivity contribution in [2.45, 2.75) is 32.9 Å². The van der Waals surface area contributed by atoms with Gasteiger partial charge < -0.3 is 19.5 Å². The maximum Gasteiger partial charge on any atom is 0.318 e. The zero-order valence-electron chi connectivity index (χ0n) is 15.1. The molecular weight excluding hydrogens is 336 g/mol. The van der Waals surface area contributed by atoms with Gasteiger partial charge in [0.15, 0.2) is 0 Å². The maximum absolute atomic E-state index is 12.6. The van der Waals surface area contributed by atoms with E-state index in [1.54, 1.807) is 20.5 Å². The number of aryl methyl sites for hydroxylation is 1. The summed E-state index contributed by atoms with van der Waals surface area (Å²) in [7, 11) is 0. The SMILES string of the molecule is CCn1ncnc1C(C)NC(=O)N1CCCN(C(=O)c2ccoc2)CC1. The number of rotatable bonds is 4. The molecule has 0 aliphatic carbocycles. The van der Waals surface area contributed by atoms with Gasteiger partial charge in [0.2, 0.25) is 0 Å². The molecule has 1 N–H and O–H groups in total. The molecule has 9 nitrogen and oxygen atoms in total. The highest BCUT2D eigenvalue weighted by molar-refractivity contribution is 5.93. The molecule has 2 aromatic rings. The molecule has 1 unspecified atom stereocenters. The molecule has 0 saturated carbocycles. The molecule has 0 spiro atoms. The second-order valence-electron chi connectivity index (χ2n) is 6.25. The minimum Gasteiger partial charge on any atom is -0.472 e. The van der Waals surface area contributed by atoms with Gasteiger partial charge in [-0.2, -0.15) is 5.10 Å². The number of hydrogen-bond acceptors (Lipinski definition) is 5. The lowest BCUT2D eigenvalue weighted by Gasteiger charge is -2.24. The van der Waals surface area contributed by atoms with E-state index in [1.165, 1.54) is 18.9 Å². The number of carbonyl (C=O) groups is 2. The van der Waals surface area contributed by atoms with Crippen molar-refractivity contribution < 1.29 is 14.0 Å². The third-order valence-corrected chi connectivity index (χ3v) is 4.51. The highest BCUT2D eigenvalue weighted by Gasteiger charge is 2.25. The molecule has 0 aromatic carbocycles. The molecule has 3 amide bonds. The van der Waals surface area contributed by atoms with Gasteiger partial charge >= 0.3 is 6.03 Å². The molecule has 1 aliphatic rings. The van der Waals surface area contributed by atoms with Crippen LogP contribution < -0.4 is 5.32 Å². The summed E-state index contributed by atoms with van der Waals surface area (Å²) in [5.41, 5.74) is 0.537. The molecular formula is C17H24N6O3. The molecule has 2 aromatic heterocycles. The fourth-order valence-electron chi connectivity index (χ4n) is 3.09. The molecule has 1 saturated heterocycles. The highest BCUT2D eigenvalue weighted by Crippen LogP contribution is 2.12. The van der Waals surface area contributed by atoms with Gasteiger partial charge in [-0.05, 0) is 26.3 Å². The van der Waals surface area contributed by atoms with E-state index in [9.17, 15) is 9.59 Å². The Hall–Kier alpha value is -2.84. The average molecular weight is 360 g/mol. The largest absolute Gasteiger partial charge is 0.472 e. The fourth-order valence-corrected chi connectivity index (χ4v) is 3.09. The second-order valence-corrected chi connectivity index (χ2v) is 6.25. The van der Waals surface area contributed by atoms with Crippen LogP contribution in [0.1, 0.15) is 42.5 Å². The van der Waals surface area contributed by atoms with E-state index < -0.39 is 0 Å². The molecule has 0 radical (unpaired) electrons. The summed E-state index contributed by atoms with van der Waals surface area (Å²) < 4.78 is 6.74. The van der Waals surface area contributed by atoms with Crippen LogP contribution in [0.15, 0.2) is 29.3 Å². The molecule has 1 atom stereocenters. The van der Waals surface area contributed by atoms with Crippen molar-refractivity contribution in [2.75, 3.05) is 26.2 Å². The van der Waals surface area contributed by atoms with Crippen LogP contribution in [0.2, 0.25) is 0 Å². The van der Waals surface area contributed by atoms with Crippen molar-refractivity contribution in [1.29, 1.82) is 0 Å². The number of furan rings is 1. The van der Waals surface area contributed by atoms with E-state index in [2.05, 4.69) is 15.4 Å². The third kappa shape index (κ3) is 3.87. The lowest BCUT2D eigenvalue weighted by atomic mass is 10.3. The zero-order valence-corrected chi connectivity index (χ0v) is 15.1. The maximum atomic E-state index is 12.6. The first-order chi connectivity index (χ1) is 12.6. The Balaban J connectivity index is 1.56. The molecule has 1 fully saturated rings. The van der Waals surface area contributed by atoms with Gasteiger partial charge in [-0.25, -0.2) is 14.5 Å². The van der Waals surface area contributed by atoms with Crippen LogP contribution in [-0.4, -0.2) is 62.7 Å². The predicted molar refractivity (Wildman–Crippen MR) is 93.4 cm³/mol. The fraction of sp³-hybridized carbons (Fsp3) is 0.529. The van der Waals surface area contributed by atoms with Crippen LogP contribution in [-0.2, 0) is 6.54 Å². The first-order valence-corrected chi connectivity index (χ1v) is 8.84. The molecule has 0 bridgehead atoms. The molecule has 1 aliphatic heterocycles. The van der Waals surface area contributed by atoms with Crippen LogP contribution in [0.3, 0.4) is 0 Å². The monoisotopic (exact) mass is 360 g/mol. The Morgan fingerprint density at radius 1 is 1.27 bits per heavy atom. The molecule has 26 heavy (non-hydrogen) atoms. The summed E-state index contributed by atoms with van der Waals surface area (Å²) >= 11 is 0. The van der Waals surface area contributed by atoms with E-state index in [1.807, 2.05) is 13.8 Å². The van der Waals surface area contributed by atoms with E-state index in [0.717, 1.165) is 12.2 Å². The number of nitrogens with one attached hydrogen (secondary N) is 1. The Bertz CT molecular complexity index is 742. The lowest BCUT2D eigenvalue weighted by molar-refractivity contribution is 0.0761. The topological polar surface area (TPSA) is 96.5 Å². The third-order valence-electron chi connectivity index (χ3n) is 4.51. The van der Waals surface area contributed by atoms with E-state index in [0.29, 0.717) is 38.3 Å². The van der Waals surface area contributed by atoms with Crippen molar-refractivity contribution >= 4 is 11.9 Å². The first kappa shape index (κ1) is 18.0. The zero-order chi connectivity index (χ0) is 18.5. The standard InChI is InChI=1S/C17H24N6O3/c1-3-23-15(18-12-19-23)13(2)20-17(25)22-7-4-6-21(8-9-22)16(24)14-5-10-26-11-14/h5,10-13H,3-4,6-9H2,1-2H3,(H,20,25). The Morgan fingerprint density at radius 3 is 2.77 bits per heavy atom. The molecule has 3 heterocycles. The van der Waals surface area contributed by atoms with Crippen LogP contribution in [0, 0.1) is 0 Å². The number of aromatic nitrogens is 3. The lowest BCUT2D eigenvalue weighted by Crippen LogP contribution is -2.43. The van der Waals surface area contributed by atoms with Crippen LogP contribution in [0.4, 0.5) is 4.79 Å². The second kappa shape index (κ2) is 8.03. The smallest absolute Gasteiger partial charge is 0.318 e. The molecule has 3 rings (SSSR count). The number of amides is 3. The predicted octanol–water partition coefficient (Wildman–Crippen LogP) is 1.51. The van der Waals surface area contributed by atoms with Gasteiger partial charge in [-0.1, -0.05) is 0 Å². The number of urea groups is 1. The van der Waals surface area contributed by atoms with Gasteiger partial charge in [0.05, 0.1) is 17.9 Å². The minimum atomic E-state index is -0.239. The van der Waals surface area contributed by atoms with E-state index in [4.69, 9.17) is 4.42 Å². The van der Waals surface area contributed by atoms with E-state index in [-0.39, 0.29) is 18.0 Å². The highest BCUT2D eigenvalue weighted by atomic mass is 16.3. The Kier molecular flexibility index (Phi) is 5.55. The Labute approximate surface area is 152 Å². The van der Waals surface area contributed by atoms with Crippen molar-refractivity contribution in [2.24, 2.45) is 0 Å². The summed E-state index contributed by atoms with van der Waals surface area (Å²) in [6.07, 6.45) is 5.16.